The third-order valence-electron chi connectivity index (χ3n) is 5.27. The number of ether oxygens (including phenoxy) is 3. The number of amides is 1. The summed E-state index contributed by atoms with van der Waals surface area (Å²) in [5, 5.41) is 18.2. The topological polar surface area (TPSA) is 106 Å². The molecule has 8 nitrogen and oxygen atoms in total. The summed E-state index contributed by atoms with van der Waals surface area (Å²) in [6.45, 7) is 6.60. The lowest BCUT2D eigenvalue weighted by Gasteiger charge is -2.20. The number of aromatic nitrogens is 2. The van der Waals surface area contributed by atoms with Crippen molar-refractivity contribution < 1.29 is 37.3 Å². The van der Waals surface area contributed by atoms with E-state index in [0.717, 1.165) is 5.56 Å². The van der Waals surface area contributed by atoms with Crippen LogP contribution < -0.4 is 10.1 Å². The third kappa shape index (κ3) is 7.14. The van der Waals surface area contributed by atoms with Gasteiger partial charge in [0.15, 0.2) is 17.3 Å². The number of alkyl halides is 3. The molecular formula is C25H30F3N3O5. The van der Waals surface area contributed by atoms with Crippen molar-refractivity contribution >= 4 is 12.2 Å². The zero-order valence-corrected chi connectivity index (χ0v) is 20.3. The number of rotatable bonds is 14. The third-order valence-corrected chi connectivity index (χ3v) is 5.27. The molecule has 0 radical (unpaired) electrons. The molecule has 2 aromatic rings. The van der Waals surface area contributed by atoms with Gasteiger partial charge >= 0.3 is 6.18 Å². The van der Waals surface area contributed by atoms with Gasteiger partial charge in [-0.15, -0.1) is 0 Å². The molecule has 0 unspecified atom stereocenters. The number of hydrogen-bond acceptors (Lipinski definition) is 6. The Morgan fingerprint density at radius 2 is 2.08 bits per heavy atom. The van der Waals surface area contributed by atoms with Gasteiger partial charge in [-0.05, 0) is 37.1 Å². The molecule has 0 saturated heterocycles. The number of nitrogens with zero attached hydrogens (tertiary/aromatic N) is 1. The van der Waals surface area contributed by atoms with E-state index in [4.69, 9.17) is 19.3 Å². The van der Waals surface area contributed by atoms with Crippen molar-refractivity contribution in [3.05, 3.63) is 76.9 Å². The molecule has 1 heterocycles. The van der Waals surface area contributed by atoms with Crippen LogP contribution in [0.5, 0.6) is 5.75 Å². The van der Waals surface area contributed by atoms with Gasteiger partial charge < -0.3 is 24.6 Å². The molecule has 196 valence electrons. The van der Waals surface area contributed by atoms with Crippen LogP contribution in [0, 0.1) is 0 Å². The largest absolute Gasteiger partial charge is 0.493 e. The highest BCUT2D eigenvalue weighted by Gasteiger charge is 2.37. The summed E-state index contributed by atoms with van der Waals surface area (Å²) in [6.07, 6.45) is 1.31. The molecule has 0 spiro atoms. The second kappa shape index (κ2) is 13.4. The minimum Gasteiger partial charge on any atom is -0.493 e. The predicted molar refractivity (Wildman–Crippen MR) is 128 cm³/mol. The van der Waals surface area contributed by atoms with Crippen LogP contribution in [0.15, 0.2) is 60.2 Å². The molecule has 1 amide bonds. The van der Waals surface area contributed by atoms with Crippen LogP contribution in [0.2, 0.25) is 0 Å². The smallest absolute Gasteiger partial charge is 0.420 e. The zero-order chi connectivity index (χ0) is 26.7. The fourth-order valence-corrected chi connectivity index (χ4v) is 3.66. The number of carbonyl (C=O) groups excluding carboxylic acids is 1. The molecule has 0 aliphatic carbocycles. The maximum atomic E-state index is 13.8. The molecule has 1 atom stereocenters. The highest BCUT2D eigenvalue weighted by atomic mass is 19.4. The summed E-state index contributed by atoms with van der Waals surface area (Å²) in [4.78, 5) is 10.9. The molecule has 0 saturated carbocycles. The summed E-state index contributed by atoms with van der Waals surface area (Å²) in [7, 11) is 1.41. The van der Waals surface area contributed by atoms with E-state index in [1.807, 2.05) is 6.92 Å². The Labute approximate surface area is 207 Å². The van der Waals surface area contributed by atoms with Gasteiger partial charge in [0.2, 0.25) is 6.41 Å². The lowest BCUT2D eigenvalue weighted by atomic mass is 9.90. The Balaban J connectivity index is 2.30. The van der Waals surface area contributed by atoms with Crippen molar-refractivity contribution in [3.63, 3.8) is 0 Å². The maximum absolute atomic E-state index is 13.8. The molecule has 2 rings (SSSR count). The van der Waals surface area contributed by atoms with E-state index in [1.165, 1.54) is 25.3 Å². The van der Waals surface area contributed by atoms with Gasteiger partial charge in [-0.3, -0.25) is 9.89 Å². The van der Waals surface area contributed by atoms with E-state index < -0.39 is 25.0 Å². The van der Waals surface area contributed by atoms with Crippen LogP contribution in [0.25, 0.3) is 0 Å². The van der Waals surface area contributed by atoms with Gasteiger partial charge in [0, 0.05) is 23.2 Å². The number of nitrogens with one attached hydrogen (secondary N) is 2. The van der Waals surface area contributed by atoms with Crippen LogP contribution >= 0.6 is 0 Å². The lowest BCUT2D eigenvalue weighted by molar-refractivity contribution is -0.140. The molecule has 1 aromatic carbocycles. The summed E-state index contributed by atoms with van der Waals surface area (Å²) in [5.74, 6) is 0.223. The van der Waals surface area contributed by atoms with Crippen LogP contribution in [0.1, 0.15) is 42.9 Å². The molecule has 3 N–H and O–H groups in total. The number of aliphatic hydroxyl groups is 1. The first-order chi connectivity index (χ1) is 17.2. The Morgan fingerprint density at radius 1 is 1.33 bits per heavy atom. The number of H-pyrrole nitrogens is 1. The highest BCUT2D eigenvalue weighted by Crippen LogP contribution is 2.39. The summed E-state index contributed by atoms with van der Waals surface area (Å²) in [5.41, 5.74) is 0.227. The molecule has 0 fully saturated rings. The monoisotopic (exact) mass is 509 g/mol. The van der Waals surface area contributed by atoms with Crippen LogP contribution in [0.4, 0.5) is 19.0 Å². The second-order valence-corrected chi connectivity index (χ2v) is 7.50. The van der Waals surface area contributed by atoms with Crippen LogP contribution in [0.3, 0.4) is 0 Å². The number of allylic oxidation sites excluding steroid dienone is 3. The number of halogens is 3. The molecule has 0 bridgehead atoms. The average molecular weight is 510 g/mol. The van der Waals surface area contributed by atoms with Gasteiger partial charge in [0.1, 0.15) is 24.5 Å². The number of aromatic amines is 1. The first-order valence-electron chi connectivity index (χ1n) is 11.1. The van der Waals surface area contributed by atoms with Crippen LogP contribution in [-0.2, 0) is 27.1 Å². The Bertz CT molecular complexity index is 1090. The van der Waals surface area contributed by atoms with Crippen molar-refractivity contribution in [3.8, 4) is 5.75 Å². The van der Waals surface area contributed by atoms with E-state index in [0.29, 0.717) is 24.2 Å². The van der Waals surface area contributed by atoms with Gasteiger partial charge in [0.25, 0.3) is 0 Å². The van der Waals surface area contributed by atoms with Crippen molar-refractivity contribution in [2.45, 2.75) is 39.0 Å². The number of anilines is 1. The number of benzene rings is 1. The summed E-state index contributed by atoms with van der Waals surface area (Å²) >= 11 is 0. The van der Waals surface area contributed by atoms with Gasteiger partial charge in [-0.2, -0.15) is 18.3 Å². The molecule has 11 heteroatoms. The SMILES string of the molecule is C=C(/C=C(OC)\C(=C/C)OCc1cccc(OCCO)c1C(F)(F)F)[C@H](CC)c1c[nH]nc1NC=O. The molecule has 1 aromatic heterocycles. The highest BCUT2D eigenvalue weighted by molar-refractivity contribution is 5.71. The molecule has 0 aliphatic heterocycles. The number of aliphatic hydroxyl groups excluding tert-OH is 1. The predicted octanol–water partition coefficient (Wildman–Crippen LogP) is 5.07. The Morgan fingerprint density at radius 3 is 2.67 bits per heavy atom. The van der Waals surface area contributed by atoms with Crippen molar-refractivity contribution in [1.29, 1.82) is 0 Å². The second-order valence-electron chi connectivity index (χ2n) is 7.50. The number of hydrogen-bond donors (Lipinski definition) is 3. The van der Waals surface area contributed by atoms with Crippen molar-refractivity contribution in [2.75, 3.05) is 25.6 Å². The number of methoxy groups -OCH3 is 1. The average Bonchev–Trinajstić information content (AvgIpc) is 3.30. The van der Waals surface area contributed by atoms with Gasteiger partial charge in [-0.25, -0.2) is 0 Å². The normalized spacial score (nSPS) is 13.2. The van der Waals surface area contributed by atoms with E-state index in [2.05, 4.69) is 22.1 Å². The van der Waals surface area contributed by atoms with E-state index in [1.54, 1.807) is 25.3 Å². The zero-order valence-electron chi connectivity index (χ0n) is 20.3. The maximum Gasteiger partial charge on any atom is 0.420 e. The molecular weight excluding hydrogens is 479 g/mol. The first-order valence-corrected chi connectivity index (χ1v) is 11.1. The van der Waals surface area contributed by atoms with Crippen molar-refractivity contribution in [2.24, 2.45) is 0 Å². The molecule has 36 heavy (non-hydrogen) atoms. The minimum atomic E-state index is -4.69. The van der Waals surface area contributed by atoms with Gasteiger partial charge in [0.05, 0.1) is 13.7 Å². The van der Waals surface area contributed by atoms with Crippen LogP contribution in [-0.4, -0.2) is 42.0 Å². The quantitative estimate of drug-likeness (QED) is 0.187. The van der Waals surface area contributed by atoms with E-state index >= 15 is 0 Å². The Hall–Kier alpha value is -3.73. The summed E-state index contributed by atoms with van der Waals surface area (Å²) < 4.78 is 57.7. The number of carbonyl (C=O) groups is 1. The minimum absolute atomic E-state index is 0.138. The first kappa shape index (κ1) is 28.5. The van der Waals surface area contributed by atoms with Gasteiger partial charge in [-0.1, -0.05) is 25.6 Å². The van der Waals surface area contributed by atoms with E-state index in [9.17, 15) is 18.0 Å². The van der Waals surface area contributed by atoms with Crippen molar-refractivity contribution in [1.82, 2.24) is 10.2 Å². The fraction of sp³-hybridized carbons (Fsp3) is 0.360. The standard InChI is InChI=1S/C25H30F3N3O5/c1-5-18(19-13-30-31-24(19)29-15-33)16(3)12-22(34-4)20(6-2)36-14-17-8-7-9-21(35-11-10-32)23(17)25(26,27)28/h6-9,12-13,15,18,32H,3,5,10-11,14H2,1-2,4H3,(H2,29,30,31,33)/b20-6+,22-12+/t18-/m0/s1. The van der Waals surface area contributed by atoms with E-state index in [-0.39, 0.29) is 35.4 Å². The lowest BCUT2D eigenvalue weighted by Crippen LogP contribution is -2.14. The fourth-order valence-electron chi connectivity index (χ4n) is 3.66. The molecule has 0 aliphatic rings. The Kier molecular flexibility index (Phi) is 10.6. The summed E-state index contributed by atoms with van der Waals surface area (Å²) in [6, 6.07) is 3.91.